The topological polar surface area (TPSA) is 0 Å². The van der Waals surface area contributed by atoms with Gasteiger partial charge in [-0.15, -0.1) is 0 Å². The molecule has 0 aromatic rings. The monoisotopic (exact) mass is 258 g/mol. The Morgan fingerprint density at radius 2 is 0.778 bits per heavy atom. The summed E-state index contributed by atoms with van der Waals surface area (Å²) in [4.78, 5) is 0. The zero-order valence-corrected chi connectivity index (χ0v) is 14.6. The molecule has 0 heterocycles. The van der Waals surface area contributed by atoms with E-state index in [4.69, 9.17) is 0 Å². The molecule has 0 saturated heterocycles. The van der Waals surface area contributed by atoms with Crippen LogP contribution in [0, 0.1) is 5.92 Å². The average molecular weight is 259 g/mol. The first-order chi connectivity index (χ1) is 8.60. The van der Waals surface area contributed by atoms with Crippen LogP contribution in [0.15, 0.2) is 0 Å². The van der Waals surface area contributed by atoms with Gasteiger partial charge in [0.05, 0.1) is 0 Å². The van der Waals surface area contributed by atoms with E-state index in [9.17, 15) is 0 Å². The quantitative estimate of drug-likeness (QED) is 0.393. The predicted molar refractivity (Wildman–Crippen MR) is 89.4 cm³/mol. The third-order valence-corrected chi connectivity index (χ3v) is 2.78. The van der Waals surface area contributed by atoms with Crippen LogP contribution in [0.4, 0.5) is 0 Å². The highest BCUT2D eigenvalue weighted by atomic mass is 13.9. The normalized spacial score (nSPS) is 9.33. The van der Waals surface area contributed by atoms with Gasteiger partial charge in [0, 0.05) is 0 Å². The van der Waals surface area contributed by atoms with Gasteiger partial charge >= 0.3 is 0 Å². The Morgan fingerprint density at radius 1 is 0.500 bits per heavy atom. The Hall–Kier alpha value is 0. The van der Waals surface area contributed by atoms with Crippen LogP contribution in [0.3, 0.4) is 0 Å². The van der Waals surface area contributed by atoms with Crippen molar-refractivity contribution in [2.24, 2.45) is 5.92 Å². The van der Waals surface area contributed by atoms with Crippen molar-refractivity contribution in [3.8, 4) is 0 Å². The lowest BCUT2D eigenvalue weighted by Gasteiger charge is -1.95. The third kappa shape index (κ3) is 44.4. The van der Waals surface area contributed by atoms with E-state index in [2.05, 4.69) is 48.5 Å². The molecule has 0 rings (SSSR count). The molecule has 0 fully saturated rings. The number of unbranched alkanes of at least 4 members (excludes halogenated alkanes) is 6. The second-order valence-corrected chi connectivity index (χ2v) is 5.60. The number of rotatable bonds is 8. The molecule has 0 unspecified atom stereocenters. The molecular formula is C18H42. The van der Waals surface area contributed by atoms with Gasteiger partial charge in [-0.05, 0) is 5.92 Å². The van der Waals surface area contributed by atoms with Gasteiger partial charge in [0.2, 0.25) is 0 Å². The smallest absolute Gasteiger partial charge is 0.0471 e. The van der Waals surface area contributed by atoms with Gasteiger partial charge in [-0.3, -0.25) is 0 Å². The van der Waals surface area contributed by atoms with E-state index in [-0.39, 0.29) is 0 Å². The zero-order valence-electron chi connectivity index (χ0n) is 14.6. The first-order valence-corrected chi connectivity index (χ1v) is 8.60. The molecular weight excluding hydrogens is 216 g/mol. The minimum Gasteiger partial charge on any atom is -0.0654 e. The molecule has 0 saturated carbocycles. The second kappa shape index (κ2) is 25.8. The standard InChI is InChI=1S/3C6H14/c1-4-5-6(2)3;2*1-3-5-6-4-2/h6H,4-5H2,1-3H3;2*3-6H2,1-2H3. The van der Waals surface area contributed by atoms with Crippen LogP contribution < -0.4 is 0 Å². The molecule has 0 amide bonds. The summed E-state index contributed by atoms with van der Waals surface area (Å²) in [5.74, 6) is 0.898. The van der Waals surface area contributed by atoms with Crippen LogP contribution in [0.5, 0.6) is 0 Å². The minimum absolute atomic E-state index is 0.898. The van der Waals surface area contributed by atoms with Gasteiger partial charge in [-0.1, -0.05) is 113 Å². The molecule has 0 spiro atoms. The van der Waals surface area contributed by atoms with E-state index >= 15 is 0 Å². The Morgan fingerprint density at radius 3 is 0.833 bits per heavy atom. The molecule has 0 aliphatic rings. The molecule has 0 radical (unpaired) electrons. The molecule has 0 heteroatoms. The fourth-order valence-corrected chi connectivity index (χ4v) is 1.58. The molecule has 114 valence electrons. The van der Waals surface area contributed by atoms with Crippen LogP contribution in [0.2, 0.25) is 0 Å². The summed E-state index contributed by atoms with van der Waals surface area (Å²) in [5.41, 5.74) is 0. The van der Waals surface area contributed by atoms with E-state index in [1.165, 1.54) is 64.2 Å². The van der Waals surface area contributed by atoms with Gasteiger partial charge in [0.1, 0.15) is 0 Å². The lowest BCUT2D eigenvalue weighted by atomic mass is 10.1. The predicted octanol–water partition coefficient (Wildman–Crippen LogP) is 7.62. The van der Waals surface area contributed by atoms with E-state index < -0.39 is 0 Å². The third-order valence-electron chi connectivity index (χ3n) is 2.78. The maximum Gasteiger partial charge on any atom is -0.0471 e. The Bertz CT molecular complexity index is 78.2. The molecule has 0 bridgehead atoms. The molecule has 18 heavy (non-hydrogen) atoms. The molecule has 0 aliphatic heterocycles. The van der Waals surface area contributed by atoms with Crippen molar-refractivity contribution in [2.45, 2.75) is 113 Å². The van der Waals surface area contributed by atoms with Crippen molar-refractivity contribution >= 4 is 0 Å². The van der Waals surface area contributed by atoms with Crippen LogP contribution in [0.25, 0.3) is 0 Å². The van der Waals surface area contributed by atoms with Crippen LogP contribution in [-0.4, -0.2) is 0 Å². The van der Waals surface area contributed by atoms with E-state index in [0.717, 1.165) is 5.92 Å². The van der Waals surface area contributed by atoms with Crippen LogP contribution >= 0.6 is 0 Å². The van der Waals surface area contributed by atoms with Gasteiger partial charge in [0.25, 0.3) is 0 Å². The van der Waals surface area contributed by atoms with Crippen LogP contribution in [-0.2, 0) is 0 Å². The van der Waals surface area contributed by atoms with E-state index in [1.807, 2.05) is 0 Å². The van der Waals surface area contributed by atoms with Crippen molar-refractivity contribution in [3.05, 3.63) is 0 Å². The summed E-state index contributed by atoms with van der Waals surface area (Å²) in [6.45, 7) is 15.7. The first-order valence-electron chi connectivity index (χ1n) is 8.60. The van der Waals surface area contributed by atoms with E-state index in [0.29, 0.717) is 0 Å². The minimum atomic E-state index is 0.898. The van der Waals surface area contributed by atoms with Gasteiger partial charge < -0.3 is 0 Å². The largest absolute Gasteiger partial charge is 0.0654 e. The highest BCUT2D eigenvalue weighted by molar-refractivity contribution is 4.38. The van der Waals surface area contributed by atoms with Gasteiger partial charge in [0.15, 0.2) is 0 Å². The summed E-state index contributed by atoms with van der Waals surface area (Å²) in [6.07, 6.45) is 13.8. The maximum absolute atomic E-state index is 2.25. The zero-order chi connectivity index (χ0) is 14.6. The van der Waals surface area contributed by atoms with Crippen LogP contribution in [0.1, 0.15) is 113 Å². The molecule has 0 aromatic carbocycles. The summed E-state index contributed by atoms with van der Waals surface area (Å²) in [7, 11) is 0. The summed E-state index contributed by atoms with van der Waals surface area (Å²) >= 11 is 0. The van der Waals surface area contributed by atoms with Crippen molar-refractivity contribution in [1.82, 2.24) is 0 Å². The van der Waals surface area contributed by atoms with Gasteiger partial charge in [-0.2, -0.15) is 0 Å². The highest BCUT2D eigenvalue weighted by Crippen LogP contribution is 2.00. The Balaban J connectivity index is -0.000000187. The molecule has 0 aromatic heterocycles. The van der Waals surface area contributed by atoms with Crippen molar-refractivity contribution in [2.75, 3.05) is 0 Å². The second-order valence-electron chi connectivity index (χ2n) is 5.60. The molecule has 0 atom stereocenters. The first kappa shape index (κ1) is 23.1. The Labute approximate surface area is 119 Å². The maximum atomic E-state index is 2.25. The lowest BCUT2D eigenvalue weighted by molar-refractivity contribution is 0.576. The van der Waals surface area contributed by atoms with Crippen molar-refractivity contribution in [3.63, 3.8) is 0 Å². The fraction of sp³-hybridized carbons (Fsp3) is 1.00. The number of hydrogen-bond acceptors (Lipinski definition) is 0. The Kier molecular flexibility index (Phi) is 33.1. The SMILES string of the molecule is CCCC(C)C.CCCCCC.CCCCCC. The fourth-order valence-electron chi connectivity index (χ4n) is 1.58. The molecule has 0 aliphatic carbocycles. The summed E-state index contributed by atoms with van der Waals surface area (Å²) in [6, 6.07) is 0. The molecule has 0 nitrogen and oxygen atoms in total. The van der Waals surface area contributed by atoms with Crippen molar-refractivity contribution in [1.29, 1.82) is 0 Å². The summed E-state index contributed by atoms with van der Waals surface area (Å²) < 4.78 is 0. The average Bonchev–Trinajstić information content (AvgIpc) is 2.35. The van der Waals surface area contributed by atoms with E-state index in [1.54, 1.807) is 0 Å². The summed E-state index contributed by atoms with van der Waals surface area (Å²) in [5, 5.41) is 0. The molecule has 0 N–H and O–H groups in total. The highest BCUT2D eigenvalue weighted by Gasteiger charge is 1.85. The van der Waals surface area contributed by atoms with Gasteiger partial charge in [-0.25, -0.2) is 0 Å². The van der Waals surface area contributed by atoms with Crippen molar-refractivity contribution < 1.29 is 0 Å². The number of hydrogen-bond donors (Lipinski definition) is 0. The lowest BCUT2D eigenvalue weighted by Crippen LogP contribution is -1.81.